The number of β-amino-alcohol motifs (C(OH)–C–C–N with tert-alkyl or cyclic N) is 1. The number of nitrogens with zero attached hydrogens (tertiary/aromatic N) is 1. The van der Waals surface area contributed by atoms with Crippen molar-refractivity contribution in [1.82, 2.24) is 10.2 Å². The Labute approximate surface area is 126 Å². The van der Waals surface area contributed by atoms with E-state index >= 15 is 0 Å². The topological polar surface area (TPSA) is 82.0 Å². The average molecular weight is 300 g/mol. The van der Waals surface area contributed by atoms with Gasteiger partial charge in [0, 0.05) is 39.3 Å². The lowest BCUT2D eigenvalue weighted by Gasteiger charge is -2.38. The van der Waals surface area contributed by atoms with E-state index in [4.69, 9.17) is 4.74 Å². The molecule has 0 aromatic carbocycles. The summed E-state index contributed by atoms with van der Waals surface area (Å²) in [5, 5.41) is 23.7. The van der Waals surface area contributed by atoms with Crippen molar-refractivity contribution in [3.63, 3.8) is 0 Å². The second-order valence-corrected chi connectivity index (χ2v) is 6.29. The first-order valence-electron chi connectivity index (χ1n) is 8.04. The molecule has 1 amide bonds. The summed E-state index contributed by atoms with van der Waals surface area (Å²) in [5.41, 5.74) is -0.823. The van der Waals surface area contributed by atoms with Crippen LogP contribution < -0.4 is 5.32 Å². The highest BCUT2D eigenvalue weighted by Gasteiger charge is 2.35. The van der Waals surface area contributed by atoms with Crippen LogP contribution >= 0.6 is 0 Å². The Bertz CT molecular complexity index is 345. The van der Waals surface area contributed by atoms with E-state index in [2.05, 4.69) is 17.1 Å². The molecule has 3 N–H and O–H groups in total. The van der Waals surface area contributed by atoms with E-state index in [0.717, 1.165) is 19.4 Å². The maximum atomic E-state index is 11.9. The molecule has 6 heteroatoms. The van der Waals surface area contributed by atoms with Crippen LogP contribution in [0, 0.1) is 0 Å². The molecule has 2 atom stereocenters. The van der Waals surface area contributed by atoms with E-state index in [0.29, 0.717) is 45.6 Å². The summed E-state index contributed by atoms with van der Waals surface area (Å²) in [6.07, 6.45) is 2.63. The predicted octanol–water partition coefficient (Wildman–Crippen LogP) is -0.121. The number of carbonyl (C=O) groups is 1. The molecule has 21 heavy (non-hydrogen) atoms. The Kier molecular flexibility index (Phi) is 5.98. The molecule has 0 aromatic heterocycles. The van der Waals surface area contributed by atoms with E-state index in [1.807, 2.05) is 0 Å². The predicted molar refractivity (Wildman–Crippen MR) is 78.9 cm³/mol. The molecule has 2 aliphatic rings. The zero-order valence-corrected chi connectivity index (χ0v) is 12.9. The van der Waals surface area contributed by atoms with Gasteiger partial charge >= 0.3 is 0 Å². The van der Waals surface area contributed by atoms with Gasteiger partial charge in [-0.15, -0.1) is 0 Å². The van der Waals surface area contributed by atoms with Crippen molar-refractivity contribution in [2.75, 3.05) is 32.8 Å². The fourth-order valence-corrected chi connectivity index (χ4v) is 3.30. The van der Waals surface area contributed by atoms with Crippen molar-refractivity contribution >= 4 is 5.91 Å². The lowest BCUT2D eigenvalue weighted by molar-refractivity contribution is -0.130. The Morgan fingerprint density at radius 3 is 2.86 bits per heavy atom. The van der Waals surface area contributed by atoms with Gasteiger partial charge in [0.2, 0.25) is 5.91 Å². The molecule has 2 saturated heterocycles. The number of aliphatic hydroxyl groups is 2. The Morgan fingerprint density at radius 2 is 2.19 bits per heavy atom. The van der Waals surface area contributed by atoms with Crippen LogP contribution in [0.4, 0.5) is 0 Å². The smallest absolute Gasteiger partial charge is 0.237 e. The molecular formula is C15H28N2O4. The first-order valence-corrected chi connectivity index (χ1v) is 8.04. The van der Waals surface area contributed by atoms with Gasteiger partial charge in [-0.1, -0.05) is 13.3 Å². The minimum absolute atomic E-state index is 0.0556. The van der Waals surface area contributed by atoms with Gasteiger partial charge in [-0.3, -0.25) is 9.69 Å². The van der Waals surface area contributed by atoms with Gasteiger partial charge in [-0.05, 0) is 19.3 Å². The number of hydrogen-bond donors (Lipinski definition) is 3. The largest absolute Gasteiger partial charge is 0.392 e. The molecule has 0 saturated carbocycles. The molecule has 0 spiro atoms. The minimum Gasteiger partial charge on any atom is -0.392 e. The molecular weight excluding hydrogens is 272 g/mol. The fraction of sp³-hybridized carbons (Fsp3) is 0.933. The lowest BCUT2D eigenvalue weighted by atomic mass is 9.88. The zero-order chi connectivity index (χ0) is 15.3. The highest BCUT2D eigenvalue weighted by Crippen LogP contribution is 2.26. The summed E-state index contributed by atoms with van der Waals surface area (Å²) in [6.45, 7) is 4.99. The summed E-state index contributed by atoms with van der Waals surface area (Å²) in [5.74, 6) is 0.0556. The SMILES string of the molecule is CCCC1C(=O)NCCN1CC(O)CC1(O)CCOCC1. The fourth-order valence-electron chi connectivity index (χ4n) is 3.30. The summed E-state index contributed by atoms with van der Waals surface area (Å²) in [7, 11) is 0. The van der Waals surface area contributed by atoms with Crippen molar-refractivity contribution < 1.29 is 19.7 Å². The zero-order valence-electron chi connectivity index (χ0n) is 12.9. The van der Waals surface area contributed by atoms with E-state index in [-0.39, 0.29) is 11.9 Å². The molecule has 2 aliphatic heterocycles. The lowest BCUT2D eigenvalue weighted by Crippen LogP contribution is -2.57. The van der Waals surface area contributed by atoms with Crippen LogP contribution in [0.3, 0.4) is 0 Å². The Balaban J connectivity index is 1.87. The van der Waals surface area contributed by atoms with Crippen LogP contribution in [0.2, 0.25) is 0 Å². The third-order valence-electron chi connectivity index (χ3n) is 4.49. The molecule has 2 unspecified atom stereocenters. The summed E-state index contributed by atoms with van der Waals surface area (Å²) >= 11 is 0. The first-order chi connectivity index (χ1) is 10.0. The van der Waals surface area contributed by atoms with Gasteiger partial charge in [0.25, 0.3) is 0 Å². The third-order valence-corrected chi connectivity index (χ3v) is 4.49. The van der Waals surface area contributed by atoms with Crippen LogP contribution in [-0.4, -0.2) is 71.6 Å². The molecule has 0 bridgehead atoms. The third kappa shape index (κ3) is 4.64. The van der Waals surface area contributed by atoms with Crippen molar-refractivity contribution in [2.24, 2.45) is 0 Å². The van der Waals surface area contributed by atoms with Crippen molar-refractivity contribution in [3.05, 3.63) is 0 Å². The summed E-state index contributed by atoms with van der Waals surface area (Å²) < 4.78 is 5.25. The normalized spacial score (nSPS) is 28.1. The van der Waals surface area contributed by atoms with E-state index in [9.17, 15) is 15.0 Å². The minimum atomic E-state index is -0.823. The quantitative estimate of drug-likeness (QED) is 0.637. The number of amides is 1. The van der Waals surface area contributed by atoms with E-state index in [1.54, 1.807) is 0 Å². The number of ether oxygens (including phenoxy) is 1. The highest BCUT2D eigenvalue weighted by atomic mass is 16.5. The van der Waals surface area contributed by atoms with Crippen LogP contribution in [0.15, 0.2) is 0 Å². The van der Waals surface area contributed by atoms with Gasteiger partial charge < -0.3 is 20.3 Å². The number of rotatable bonds is 6. The van der Waals surface area contributed by atoms with Gasteiger partial charge in [0.05, 0.1) is 17.7 Å². The van der Waals surface area contributed by atoms with E-state index < -0.39 is 11.7 Å². The standard InChI is InChI=1S/C15H28N2O4/c1-2-3-13-14(19)16-6-7-17(13)11-12(18)10-15(20)4-8-21-9-5-15/h12-13,18,20H,2-11H2,1H3,(H,16,19). The summed E-state index contributed by atoms with van der Waals surface area (Å²) in [4.78, 5) is 14.0. The van der Waals surface area contributed by atoms with Crippen LogP contribution in [0.5, 0.6) is 0 Å². The van der Waals surface area contributed by atoms with Gasteiger partial charge in [-0.25, -0.2) is 0 Å². The van der Waals surface area contributed by atoms with Crippen LogP contribution in [0.1, 0.15) is 39.0 Å². The number of nitrogens with one attached hydrogen (secondary N) is 1. The second-order valence-electron chi connectivity index (χ2n) is 6.29. The number of carbonyl (C=O) groups excluding carboxylic acids is 1. The molecule has 122 valence electrons. The van der Waals surface area contributed by atoms with Crippen molar-refractivity contribution in [1.29, 1.82) is 0 Å². The molecule has 2 rings (SSSR count). The Hall–Kier alpha value is -0.690. The van der Waals surface area contributed by atoms with Gasteiger partial charge in [0.1, 0.15) is 0 Å². The molecule has 0 aromatic rings. The maximum absolute atomic E-state index is 11.9. The van der Waals surface area contributed by atoms with Crippen LogP contribution in [0.25, 0.3) is 0 Å². The first kappa shape index (κ1) is 16.7. The van der Waals surface area contributed by atoms with Crippen LogP contribution in [-0.2, 0) is 9.53 Å². The number of piperazine rings is 1. The van der Waals surface area contributed by atoms with Gasteiger partial charge in [0.15, 0.2) is 0 Å². The summed E-state index contributed by atoms with van der Waals surface area (Å²) in [6, 6.07) is -0.150. The molecule has 6 nitrogen and oxygen atoms in total. The molecule has 0 aliphatic carbocycles. The average Bonchev–Trinajstić information content (AvgIpc) is 2.43. The monoisotopic (exact) mass is 300 g/mol. The number of hydrogen-bond acceptors (Lipinski definition) is 5. The molecule has 2 heterocycles. The molecule has 2 fully saturated rings. The van der Waals surface area contributed by atoms with Crippen molar-refractivity contribution in [2.45, 2.75) is 56.8 Å². The molecule has 0 radical (unpaired) electrons. The Morgan fingerprint density at radius 1 is 1.48 bits per heavy atom. The van der Waals surface area contributed by atoms with Crippen molar-refractivity contribution in [3.8, 4) is 0 Å². The van der Waals surface area contributed by atoms with Gasteiger partial charge in [-0.2, -0.15) is 0 Å². The second kappa shape index (κ2) is 7.54. The van der Waals surface area contributed by atoms with E-state index in [1.165, 1.54) is 0 Å². The number of aliphatic hydroxyl groups excluding tert-OH is 1. The highest BCUT2D eigenvalue weighted by molar-refractivity contribution is 5.82. The maximum Gasteiger partial charge on any atom is 0.237 e.